The lowest BCUT2D eigenvalue weighted by molar-refractivity contribution is 0.660. The lowest BCUT2D eigenvalue weighted by atomic mass is 9.81. The van der Waals surface area contributed by atoms with Crippen LogP contribution in [0.2, 0.25) is 0 Å². The van der Waals surface area contributed by atoms with Gasteiger partial charge in [0.25, 0.3) is 0 Å². The molecular weight excluding hydrogens is 737 g/mol. The Morgan fingerprint density at radius 1 is 0.311 bits per heavy atom. The van der Waals surface area contributed by atoms with Gasteiger partial charge in [-0.15, -0.1) is 0 Å². The highest BCUT2D eigenvalue weighted by molar-refractivity contribution is 6.23. The van der Waals surface area contributed by atoms with Crippen LogP contribution in [-0.2, 0) is 5.41 Å². The van der Waals surface area contributed by atoms with Crippen molar-refractivity contribution >= 4 is 43.1 Å². The van der Waals surface area contributed by atoms with Gasteiger partial charge in [0.15, 0.2) is 5.82 Å². The van der Waals surface area contributed by atoms with Crippen molar-refractivity contribution in [1.29, 1.82) is 0 Å². The van der Waals surface area contributed by atoms with E-state index >= 15 is 0 Å². The van der Waals surface area contributed by atoms with E-state index in [1.165, 1.54) is 82.2 Å². The van der Waals surface area contributed by atoms with Crippen LogP contribution in [0.4, 0.5) is 0 Å². The molecule has 1 aliphatic carbocycles. The maximum Gasteiger partial charge on any atom is 0.160 e. The number of nitrogens with zero attached hydrogens (tertiary/aromatic N) is 2. The van der Waals surface area contributed by atoms with E-state index in [9.17, 15) is 0 Å². The molecule has 1 aromatic heterocycles. The molecule has 0 unspecified atom stereocenters. The van der Waals surface area contributed by atoms with Crippen LogP contribution >= 0.6 is 0 Å². The molecule has 11 aromatic rings. The largest absolute Gasteiger partial charge is 0.228 e. The first-order chi connectivity index (χ1) is 30.0. The first-order valence-corrected chi connectivity index (χ1v) is 21.1. The normalized spacial score (nSPS) is 12.9. The fourth-order valence-corrected chi connectivity index (χ4v) is 10.0. The van der Waals surface area contributed by atoms with Crippen molar-refractivity contribution in [3.8, 4) is 67.3 Å². The smallest absolute Gasteiger partial charge is 0.160 e. The summed E-state index contributed by atoms with van der Waals surface area (Å²) in [4.78, 5) is 10.5. The van der Waals surface area contributed by atoms with Crippen molar-refractivity contribution in [2.24, 2.45) is 0 Å². The molecule has 0 spiro atoms. The number of hydrogen-bond donors (Lipinski definition) is 0. The lowest BCUT2D eigenvalue weighted by Gasteiger charge is -2.22. The molecule has 1 aliphatic rings. The van der Waals surface area contributed by atoms with Gasteiger partial charge in [-0.2, -0.15) is 0 Å². The van der Waals surface area contributed by atoms with E-state index in [1.54, 1.807) is 0 Å². The summed E-state index contributed by atoms with van der Waals surface area (Å²) in [5.41, 5.74) is 15.2. The van der Waals surface area contributed by atoms with E-state index in [2.05, 4.69) is 214 Å². The molecule has 286 valence electrons. The molecule has 0 saturated carbocycles. The Morgan fingerprint density at radius 2 is 0.902 bits per heavy atom. The van der Waals surface area contributed by atoms with Gasteiger partial charge in [-0.25, -0.2) is 9.97 Å². The SMILES string of the molecule is CC1(C)c2ccccc2-c2ccc(-c3ccc(-c4cc(-c5ccc(-c6c7ccccc7cc7c6ccc6ccccc67)c6ccccc56)nc(-c5ccccc5)n4)cc3)cc21. The Morgan fingerprint density at radius 3 is 1.72 bits per heavy atom. The van der Waals surface area contributed by atoms with Gasteiger partial charge < -0.3 is 0 Å². The van der Waals surface area contributed by atoms with Crippen LogP contribution in [0.5, 0.6) is 0 Å². The molecular formula is C59H40N2. The molecule has 0 radical (unpaired) electrons. The zero-order valence-electron chi connectivity index (χ0n) is 34.0. The summed E-state index contributed by atoms with van der Waals surface area (Å²) in [5, 5.41) is 9.87. The van der Waals surface area contributed by atoms with Crippen molar-refractivity contribution < 1.29 is 0 Å². The third kappa shape index (κ3) is 5.64. The average Bonchev–Trinajstić information content (AvgIpc) is 3.55. The molecule has 0 amide bonds. The standard InChI is InChI=1S/C59H40N2/c1-59(2)53-23-13-12-22-47(53)48-30-29-41(35-54(48)59)37-24-26-39(27-25-37)55-36-56(61-58(60-55)40-15-4-3-5-16-40)49-32-33-50(46-21-11-10-20-45(46)49)57-44-19-9-7-17-42(44)34-52-43-18-8-6-14-38(43)28-31-51(52)57/h3-36H,1-2H3. The molecule has 10 aromatic carbocycles. The van der Waals surface area contributed by atoms with Crippen LogP contribution < -0.4 is 0 Å². The second-order valence-corrected chi connectivity index (χ2v) is 16.9. The van der Waals surface area contributed by atoms with Gasteiger partial charge in [-0.3, -0.25) is 0 Å². The van der Waals surface area contributed by atoms with Crippen molar-refractivity contribution in [3.63, 3.8) is 0 Å². The molecule has 2 heteroatoms. The summed E-state index contributed by atoms with van der Waals surface area (Å²) in [6, 6.07) is 75.0. The van der Waals surface area contributed by atoms with Crippen molar-refractivity contribution in [2.45, 2.75) is 19.3 Å². The highest BCUT2D eigenvalue weighted by atomic mass is 14.9. The lowest BCUT2D eigenvalue weighted by Crippen LogP contribution is -2.14. The highest BCUT2D eigenvalue weighted by Crippen LogP contribution is 2.50. The Labute approximate surface area is 355 Å². The van der Waals surface area contributed by atoms with Gasteiger partial charge >= 0.3 is 0 Å². The van der Waals surface area contributed by atoms with Gasteiger partial charge in [-0.1, -0.05) is 202 Å². The third-order valence-electron chi connectivity index (χ3n) is 13.1. The third-order valence-corrected chi connectivity index (χ3v) is 13.1. The molecule has 61 heavy (non-hydrogen) atoms. The van der Waals surface area contributed by atoms with E-state index in [1.807, 2.05) is 6.07 Å². The maximum absolute atomic E-state index is 5.30. The zero-order chi connectivity index (χ0) is 40.7. The van der Waals surface area contributed by atoms with Crippen molar-refractivity contribution in [2.75, 3.05) is 0 Å². The summed E-state index contributed by atoms with van der Waals surface area (Å²) in [5.74, 6) is 0.706. The number of fused-ring (bicyclic) bond motifs is 8. The van der Waals surface area contributed by atoms with Gasteiger partial charge in [0.05, 0.1) is 11.4 Å². The van der Waals surface area contributed by atoms with Crippen molar-refractivity contribution in [3.05, 3.63) is 217 Å². The van der Waals surface area contributed by atoms with E-state index in [0.717, 1.165) is 33.5 Å². The Bertz CT molecular complexity index is 3540. The molecule has 0 aliphatic heterocycles. The predicted molar refractivity (Wildman–Crippen MR) is 257 cm³/mol. The monoisotopic (exact) mass is 776 g/mol. The molecule has 12 rings (SSSR count). The molecule has 0 bridgehead atoms. The van der Waals surface area contributed by atoms with Crippen LogP contribution in [0.15, 0.2) is 206 Å². The van der Waals surface area contributed by atoms with E-state index in [4.69, 9.17) is 9.97 Å². The van der Waals surface area contributed by atoms with Gasteiger partial charge in [0.1, 0.15) is 0 Å². The van der Waals surface area contributed by atoms with Crippen LogP contribution in [0, 0.1) is 0 Å². The second kappa shape index (κ2) is 13.7. The molecule has 0 N–H and O–H groups in total. The number of rotatable bonds is 5. The summed E-state index contributed by atoms with van der Waals surface area (Å²) in [7, 11) is 0. The fourth-order valence-electron chi connectivity index (χ4n) is 10.0. The summed E-state index contributed by atoms with van der Waals surface area (Å²) in [6.45, 7) is 4.68. The molecule has 0 atom stereocenters. The summed E-state index contributed by atoms with van der Waals surface area (Å²) < 4.78 is 0. The number of hydrogen-bond acceptors (Lipinski definition) is 2. The predicted octanol–water partition coefficient (Wildman–Crippen LogP) is 15.7. The van der Waals surface area contributed by atoms with Crippen molar-refractivity contribution in [1.82, 2.24) is 9.97 Å². The van der Waals surface area contributed by atoms with Gasteiger partial charge in [0, 0.05) is 22.1 Å². The maximum atomic E-state index is 5.30. The first-order valence-electron chi connectivity index (χ1n) is 21.1. The Hall–Kier alpha value is -7.68. The second-order valence-electron chi connectivity index (χ2n) is 16.9. The first kappa shape index (κ1) is 35.3. The van der Waals surface area contributed by atoms with Crippen LogP contribution in [0.3, 0.4) is 0 Å². The zero-order valence-corrected chi connectivity index (χ0v) is 34.0. The molecule has 1 heterocycles. The van der Waals surface area contributed by atoms with E-state index in [0.29, 0.717) is 5.82 Å². The minimum atomic E-state index is -0.0486. The quantitative estimate of drug-likeness (QED) is 0.128. The summed E-state index contributed by atoms with van der Waals surface area (Å²) >= 11 is 0. The van der Waals surface area contributed by atoms with Crippen LogP contribution in [-0.4, -0.2) is 9.97 Å². The molecule has 2 nitrogen and oxygen atoms in total. The van der Waals surface area contributed by atoms with E-state index in [-0.39, 0.29) is 5.41 Å². The van der Waals surface area contributed by atoms with E-state index < -0.39 is 0 Å². The van der Waals surface area contributed by atoms with Crippen LogP contribution in [0.1, 0.15) is 25.0 Å². The number of aromatic nitrogens is 2. The average molecular weight is 777 g/mol. The summed E-state index contributed by atoms with van der Waals surface area (Å²) in [6.07, 6.45) is 0. The Kier molecular flexibility index (Phi) is 7.92. The highest BCUT2D eigenvalue weighted by Gasteiger charge is 2.35. The topological polar surface area (TPSA) is 25.8 Å². The minimum Gasteiger partial charge on any atom is -0.228 e. The fraction of sp³-hybridized carbons (Fsp3) is 0.0508. The molecule has 0 fully saturated rings. The molecule has 0 saturated heterocycles. The minimum absolute atomic E-state index is 0.0486. The number of benzene rings is 10. The van der Waals surface area contributed by atoms with Crippen LogP contribution in [0.25, 0.3) is 110 Å². The Balaban J connectivity index is 0.999. The van der Waals surface area contributed by atoms with Gasteiger partial charge in [0.2, 0.25) is 0 Å². The van der Waals surface area contributed by atoms with Gasteiger partial charge in [-0.05, 0) is 106 Å².